The van der Waals surface area contributed by atoms with Crippen LogP contribution in [-0.2, 0) is 6.54 Å². The van der Waals surface area contributed by atoms with Gasteiger partial charge in [-0.15, -0.1) is 0 Å². The first kappa shape index (κ1) is 16.5. The average Bonchev–Trinajstić information content (AvgIpc) is 2.79. The number of rotatable bonds is 6. The van der Waals surface area contributed by atoms with E-state index >= 15 is 0 Å². The Morgan fingerprint density at radius 1 is 1.43 bits per heavy atom. The SMILES string of the molecule is CCCn1ncc(Br)c1C(NCC)c1ccc(Cl)cc1F. The first-order valence-electron chi connectivity index (χ1n) is 6.98. The molecule has 1 aromatic heterocycles. The Labute approximate surface area is 137 Å². The van der Waals surface area contributed by atoms with Crippen molar-refractivity contribution >= 4 is 27.5 Å². The van der Waals surface area contributed by atoms with Gasteiger partial charge in [-0.25, -0.2) is 4.39 Å². The lowest BCUT2D eigenvalue weighted by molar-refractivity contribution is 0.500. The molecule has 1 atom stereocenters. The largest absolute Gasteiger partial charge is 0.305 e. The van der Waals surface area contributed by atoms with E-state index in [2.05, 4.69) is 33.3 Å². The molecule has 0 saturated carbocycles. The zero-order valence-corrected chi connectivity index (χ0v) is 14.4. The fraction of sp³-hybridized carbons (Fsp3) is 0.400. The summed E-state index contributed by atoms with van der Waals surface area (Å²) in [6.07, 6.45) is 2.71. The van der Waals surface area contributed by atoms with E-state index in [1.165, 1.54) is 6.07 Å². The maximum atomic E-state index is 14.3. The van der Waals surface area contributed by atoms with Gasteiger partial charge in [0.25, 0.3) is 0 Å². The Kier molecular flexibility index (Phi) is 5.79. The standard InChI is InChI=1S/C15H18BrClFN3/c1-3-7-21-15(12(16)9-20-21)14(19-4-2)11-6-5-10(17)8-13(11)18/h5-6,8-9,14,19H,3-4,7H2,1-2H3. The Balaban J connectivity index is 2.50. The van der Waals surface area contributed by atoms with Crippen molar-refractivity contribution in [3.8, 4) is 0 Å². The van der Waals surface area contributed by atoms with Crippen LogP contribution < -0.4 is 5.32 Å². The number of hydrogen-bond acceptors (Lipinski definition) is 2. The Hall–Kier alpha value is -0.910. The molecule has 6 heteroatoms. The summed E-state index contributed by atoms with van der Waals surface area (Å²) in [4.78, 5) is 0. The van der Waals surface area contributed by atoms with Gasteiger partial charge in [-0.3, -0.25) is 4.68 Å². The molecule has 0 aliphatic carbocycles. The number of nitrogens with zero attached hydrogens (tertiary/aromatic N) is 2. The van der Waals surface area contributed by atoms with E-state index in [1.54, 1.807) is 18.3 Å². The fourth-order valence-corrected chi connectivity index (χ4v) is 3.03. The summed E-state index contributed by atoms with van der Waals surface area (Å²) in [5.74, 6) is -0.315. The summed E-state index contributed by atoms with van der Waals surface area (Å²) in [5, 5.41) is 8.09. The molecule has 0 bridgehead atoms. The molecule has 0 aliphatic heterocycles. The molecule has 1 N–H and O–H groups in total. The number of benzene rings is 1. The van der Waals surface area contributed by atoms with Crippen LogP contribution in [0.15, 0.2) is 28.9 Å². The van der Waals surface area contributed by atoms with E-state index < -0.39 is 0 Å². The van der Waals surface area contributed by atoms with Crippen molar-refractivity contribution < 1.29 is 4.39 Å². The molecule has 0 aliphatic rings. The zero-order chi connectivity index (χ0) is 15.4. The highest BCUT2D eigenvalue weighted by molar-refractivity contribution is 9.10. The molecule has 1 aromatic carbocycles. The molecule has 0 amide bonds. The summed E-state index contributed by atoms with van der Waals surface area (Å²) in [6, 6.07) is 4.51. The molecule has 2 aromatic rings. The van der Waals surface area contributed by atoms with Crippen LogP contribution in [0, 0.1) is 5.82 Å². The van der Waals surface area contributed by atoms with Crippen LogP contribution in [0.5, 0.6) is 0 Å². The molecular weight excluding hydrogens is 357 g/mol. The second-order valence-corrected chi connectivity index (χ2v) is 6.05. The number of nitrogens with one attached hydrogen (secondary N) is 1. The van der Waals surface area contributed by atoms with Gasteiger partial charge < -0.3 is 5.32 Å². The van der Waals surface area contributed by atoms with Gasteiger partial charge in [-0.1, -0.05) is 31.5 Å². The number of aryl methyl sites for hydroxylation is 1. The Bertz CT molecular complexity index is 615. The van der Waals surface area contributed by atoms with Gasteiger partial charge in [0.15, 0.2) is 0 Å². The van der Waals surface area contributed by atoms with Crippen molar-refractivity contribution in [2.24, 2.45) is 0 Å². The topological polar surface area (TPSA) is 29.9 Å². The van der Waals surface area contributed by atoms with Crippen LogP contribution in [0.3, 0.4) is 0 Å². The van der Waals surface area contributed by atoms with E-state index in [0.717, 1.165) is 29.7 Å². The van der Waals surface area contributed by atoms with Gasteiger partial charge in [-0.05, 0) is 41.0 Å². The molecule has 114 valence electrons. The second kappa shape index (κ2) is 7.38. The Morgan fingerprint density at radius 2 is 2.19 bits per heavy atom. The van der Waals surface area contributed by atoms with Gasteiger partial charge in [0.1, 0.15) is 5.82 Å². The molecule has 2 rings (SSSR count). The van der Waals surface area contributed by atoms with E-state index in [-0.39, 0.29) is 11.9 Å². The van der Waals surface area contributed by atoms with E-state index in [4.69, 9.17) is 11.6 Å². The van der Waals surface area contributed by atoms with Crippen LogP contribution in [-0.4, -0.2) is 16.3 Å². The van der Waals surface area contributed by atoms with Crippen molar-refractivity contribution in [2.75, 3.05) is 6.54 Å². The first-order valence-corrected chi connectivity index (χ1v) is 8.15. The smallest absolute Gasteiger partial charge is 0.129 e. The molecule has 0 saturated heterocycles. The van der Waals surface area contributed by atoms with Gasteiger partial charge in [0.05, 0.1) is 22.4 Å². The number of hydrogen-bond donors (Lipinski definition) is 1. The van der Waals surface area contributed by atoms with Crippen molar-refractivity contribution in [3.05, 3.63) is 51.0 Å². The maximum Gasteiger partial charge on any atom is 0.129 e. The predicted molar refractivity (Wildman–Crippen MR) is 87.1 cm³/mol. The lowest BCUT2D eigenvalue weighted by atomic mass is 10.0. The molecule has 1 heterocycles. The maximum absolute atomic E-state index is 14.3. The van der Waals surface area contributed by atoms with E-state index in [9.17, 15) is 4.39 Å². The summed E-state index contributed by atoms with van der Waals surface area (Å²) in [7, 11) is 0. The van der Waals surface area contributed by atoms with Crippen LogP contribution in [0.2, 0.25) is 5.02 Å². The normalized spacial score (nSPS) is 12.6. The first-order chi connectivity index (χ1) is 10.1. The van der Waals surface area contributed by atoms with Gasteiger partial charge in [0, 0.05) is 17.1 Å². The van der Waals surface area contributed by atoms with Crippen LogP contribution in [0.1, 0.15) is 37.6 Å². The van der Waals surface area contributed by atoms with Gasteiger partial charge >= 0.3 is 0 Å². The van der Waals surface area contributed by atoms with E-state index in [0.29, 0.717) is 10.6 Å². The number of aromatic nitrogens is 2. The Morgan fingerprint density at radius 3 is 2.81 bits per heavy atom. The molecule has 1 unspecified atom stereocenters. The molecule has 0 fully saturated rings. The highest BCUT2D eigenvalue weighted by Crippen LogP contribution is 2.31. The molecular formula is C15H18BrClFN3. The fourth-order valence-electron chi connectivity index (χ4n) is 2.34. The lowest BCUT2D eigenvalue weighted by Gasteiger charge is -2.21. The zero-order valence-electron chi connectivity index (χ0n) is 12.0. The number of halogens is 3. The average molecular weight is 375 g/mol. The second-order valence-electron chi connectivity index (χ2n) is 4.76. The minimum Gasteiger partial charge on any atom is -0.305 e. The summed E-state index contributed by atoms with van der Waals surface area (Å²) in [5.41, 5.74) is 1.50. The highest BCUT2D eigenvalue weighted by atomic mass is 79.9. The summed E-state index contributed by atoms with van der Waals surface area (Å²) >= 11 is 9.37. The predicted octanol–water partition coefficient (Wildman–Crippen LogP) is 4.55. The quantitative estimate of drug-likeness (QED) is 0.804. The van der Waals surface area contributed by atoms with Crippen molar-refractivity contribution in [1.29, 1.82) is 0 Å². The summed E-state index contributed by atoms with van der Waals surface area (Å²) < 4.78 is 17.1. The van der Waals surface area contributed by atoms with Crippen LogP contribution >= 0.6 is 27.5 Å². The third-order valence-electron chi connectivity index (χ3n) is 3.22. The van der Waals surface area contributed by atoms with Crippen LogP contribution in [0.4, 0.5) is 4.39 Å². The summed E-state index contributed by atoms with van der Waals surface area (Å²) in [6.45, 7) is 5.59. The van der Waals surface area contributed by atoms with Gasteiger partial charge in [0.2, 0.25) is 0 Å². The minimum absolute atomic E-state index is 0.268. The molecule has 0 spiro atoms. The monoisotopic (exact) mass is 373 g/mol. The highest BCUT2D eigenvalue weighted by Gasteiger charge is 2.23. The van der Waals surface area contributed by atoms with E-state index in [1.807, 2.05) is 11.6 Å². The lowest BCUT2D eigenvalue weighted by Crippen LogP contribution is -2.26. The molecule has 0 radical (unpaired) electrons. The van der Waals surface area contributed by atoms with Crippen LogP contribution in [0.25, 0.3) is 0 Å². The van der Waals surface area contributed by atoms with Crippen molar-refractivity contribution in [3.63, 3.8) is 0 Å². The third kappa shape index (κ3) is 3.65. The van der Waals surface area contributed by atoms with Crippen molar-refractivity contribution in [1.82, 2.24) is 15.1 Å². The third-order valence-corrected chi connectivity index (χ3v) is 4.07. The molecule has 21 heavy (non-hydrogen) atoms. The van der Waals surface area contributed by atoms with Gasteiger partial charge in [-0.2, -0.15) is 5.10 Å². The van der Waals surface area contributed by atoms with Crippen molar-refractivity contribution in [2.45, 2.75) is 32.9 Å². The molecule has 3 nitrogen and oxygen atoms in total. The minimum atomic E-state index is -0.315.